The molecule has 5 heteroatoms. The molecule has 0 aromatic carbocycles. The van der Waals surface area contributed by atoms with Crippen molar-refractivity contribution in [2.75, 3.05) is 6.54 Å². The lowest BCUT2D eigenvalue weighted by atomic mass is 9.63. The van der Waals surface area contributed by atoms with Gasteiger partial charge in [0.05, 0.1) is 12.1 Å². The Bertz CT molecular complexity index is 493. The van der Waals surface area contributed by atoms with Crippen LogP contribution in [0, 0.1) is 5.41 Å². The molecule has 148 valence electrons. The standard InChI is InChI=1S/C21H35NO4/c1-2-21(14-8-15-21)18(23)10-7-9-17-12-13-19(24)22(17)16-6-4-3-5-11-20(25)26/h7,9,17-18,23H,2-6,8,10-16H2,1H3,(H,25,26)/b9-7+/t17-,18-/m0/s1. The summed E-state index contributed by atoms with van der Waals surface area (Å²) < 4.78 is 0. The van der Waals surface area contributed by atoms with Crippen molar-refractivity contribution in [2.24, 2.45) is 5.41 Å². The van der Waals surface area contributed by atoms with E-state index in [2.05, 4.69) is 19.1 Å². The monoisotopic (exact) mass is 365 g/mol. The van der Waals surface area contributed by atoms with Gasteiger partial charge in [0.25, 0.3) is 0 Å². The molecule has 1 saturated carbocycles. The van der Waals surface area contributed by atoms with E-state index < -0.39 is 5.97 Å². The molecule has 0 bridgehead atoms. The zero-order valence-electron chi connectivity index (χ0n) is 16.2. The van der Waals surface area contributed by atoms with Crippen molar-refractivity contribution in [1.82, 2.24) is 4.90 Å². The summed E-state index contributed by atoms with van der Waals surface area (Å²) in [5, 5.41) is 19.1. The fourth-order valence-electron chi connectivity index (χ4n) is 4.33. The van der Waals surface area contributed by atoms with Gasteiger partial charge in [-0.3, -0.25) is 9.59 Å². The van der Waals surface area contributed by atoms with E-state index in [0.717, 1.165) is 51.5 Å². The van der Waals surface area contributed by atoms with Crippen LogP contribution < -0.4 is 0 Å². The molecule has 2 atom stereocenters. The minimum atomic E-state index is -0.737. The lowest BCUT2D eigenvalue weighted by Gasteiger charge is -2.45. The van der Waals surface area contributed by atoms with E-state index in [4.69, 9.17) is 5.11 Å². The maximum Gasteiger partial charge on any atom is 0.303 e. The number of amides is 1. The summed E-state index contributed by atoms with van der Waals surface area (Å²) >= 11 is 0. The predicted octanol–water partition coefficient (Wildman–Crippen LogP) is 3.90. The topological polar surface area (TPSA) is 77.8 Å². The number of carboxylic acid groups (broad SMARTS) is 1. The molecule has 1 saturated heterocycles. The van der Waals surface area contributed by atoms with Gasteiger partial charge in [0.2, 0.25) is 5.91 Å². The molecule has 26 heavy (non-hydrogen) atoms. The van der Waals surface area contributed by atoms with Crippen molar-refractivity contribution < 1.29 is 19.8 Å². The molecular weight excluding hydrogens is 330 g/mol. The van der Waals surface area contributed by atoms with E-state index in [1.807, 2.05) is 4.90 Å². The fraction of sp³-hybridized carbons (Fsp3) is 0.810. The van der Waals surface area contributed by atoms with Crippen LogP contribution in [0.4, 0.5) is 0 Å². The van der Waals surface area contributed by atoms with Crippen molar-refractivity contribution in [1.29, 1.82) is 0 Å². The van der Waals surface area contributed by atoms with Crippen LogP contribution in [0.1, 0.15) is 84.0 Å². The van der Waals surface area contributed by atoms with E-state index in [1.165, 1.54) is 6.42 Å². The summed E-state index contributed by atoms with van der Waals surface area (Å²) in [6.45, 7) is 2.92. The van der Waals surface area contributed by atoms with Crippen molar-refractivity contribution >= 4 is 11.9 Å². The molecular formula is C21H35NO4. The maximum atomic E-state index is 12.1. The highest BCUT2D eigenvalue weighted by Gasteiger charge is 2.41. The molecule has 0 unspecified atom stereocenters. The predicted molar refractivity (Wildman–Crippen MR) is 102 cm³/mol. The Kier molecular flexibility index (Phi) is 8.14. The molecule has 0 radical (unpaired) electrons. The second-order valence-corrected chi connectivity index (χ2v) is 8.00. The quantitative estimate of drug-likeness (QED) is 0.406. The average molecular weight is 366 g/mol. The molecule has 1 aliphatic carbocycles. The van der Waals surface area contributed by atoms with Gasteiger partial charge in [0, 0.05) is 19.4 Å². The van der Waals surface area contributed by atoms with Crippen molar-refractivity contribution in [3.8, 4) is 0 Å². The van der Waals surface area contributed by atoms with Crippen LogP contribution in [0.3, 0.4) is 0 Å². The van der Waals surface area contributed by atoms with Crippen LogP contribution >= 0.6 is 0 Å². The van der Waals surface area contributed by atoms with Gasteiger partial charge >= 0.3 is 5.97 Å². The Hall–Kier alpha value is -1.36. The van der Waals surface area contributed by atoms with E-state index in [0.29, 0.717) is 19.3 Å². The van der Waals surface area contributed by atoms with Crippen LogP contribution in [0.5, 0.6) is 0 Å². The molecule has 0 aromatic rings. The Labute approximate surface area is 157 Å². The number of aliphatic carboxylic acids is 1. The number of nitrogens with zero attached hydrogens (tertiary/aromatic N) is 1. The van der Waals surface area contributed by atoms with Crippen LogP contribution in [-0.4, -0.2) is 45.7 Å². The number of likely N-dealkylation sites (tertiary alicyclic amines) is 1. The third-order valence-corrected chi connectivity index (χ3v) is 6.39. The average Bonchev–Trinajstić information content (AvgIpc) is 2.90. The maximum absolute atomic E-state index is 12.1. The van der Waals surface area contributed by atoms with Gasteiger partial charge in [-0.2, -0.15) is 0 Å². The number of carbonyl (C=O) groups is 2. The van der Waals surface area contributed by atoms with Crippen LogP contribution in [0.25, 0.3) is 0 Å². The first-order chi connectivity index (χ1) is 12.5. The molecule has 2 N–H and O–H groups in total. The third-order valence-electron chi connectivity index (χ3n) is 6.39. The first kappa shape index (κ1) is 20.9. The van der Waals surface area contributed by atoms with Gasteiger partial charge in [-0.1, -0.05) is 38.3 Å². The van der Waals surface area contributed by atoms with Crippen LogP contribution in [-0.2, 0) is 9.59 Å². The highest BCUT2D eigenvalue weighted by Crippen LogP contribution is 2.47. The molecule has 2 aliphatic rings. The third kappa shape index (κ3) is 5.57. The van der Waals surface area contributed by atoms with Crippen molar-refractivity contribution in [3.63, 3.8) is 0 Å². The zero-order valence-corrected chi connectivity index (χ0v) is 16.2. The van der Waals surface area contributed by atoms with Gasteiger partial charge < -0.3 is 15.1 Å². The van der Waals surface area contributed by atoms with E-state index in [9.17, 15) is 14.7 Å². The summed E-state index contributed by atoms with van der Waals surface area (Å²) in [5.74, 6) is -0.520. The Morgan fingerprint density at radius 3 is 2.65 bits per heavy atom. The van der Waals surface area contributed by atoms with Gasteiger partial charge in [0.15, 0.2) is 0 Å². The molecule has 1 heterocycles. The largest absolute Gasteiger partial charge is 0.481 e. The number of aliphatic hydroxyl groups excluding tert-OH is 1. The Balaban J connectivity index is 1.71. The number of rotatable bonds is 12. The van der Waals surface area contributed by atoms with E-state index >= 15 is 0 Å². The smallest absolute Gasteiger partial charge is 0.303 e. The molecule has 0 aromatic heterocycles. The van der Waals surface area contributed by atoms with Crippen molar-refractivity contribution in [3.05, 3.63) is 12.2 Å². The van der Waals surface area contributed by atoms with Crippen molar-refractivity contribution in [2.45, 2.75) is 96.1 Å². The SMILES string of the molecule is CCC1([C@@H](O)C/C=C/[C@H]2CCC(=O)N2CCCCCCC(=O)O)CCC1. The number of hydrogen-bond acceptors (Lipinski definition) is 3. The lowest BCUT2D eigenvalue weighted by molar-refractivity contribution is -0.137. The summed E-state index contributed by atoms with van der Waals surface area (Å²) in [7, 11) is 0. The van der Waals surface area contributed by atoms with E-state index in [1.54, 1.807) is 0 Å². The summed E-state index contributed by atoms with van der Waals surface area (Å²) in [6, 6.07) is 0.160. The van der Waals surface area contributed by atoms with Gasteiger partial charge in [0.1, 0.15) is 0 Å². The number of aliphatic hydroxyl groups is 1. The van der Waals surface area contributed by atoms with Gasteiger partial charge in [-0.05, 0) is 50.4 Å². The second kappa shape index (κ2) is 10.1. The number of hydrogen-bond donors (Lipinski definition) is 2. The first-order valence-electron chi connectivity index (χ1n) is 10.3. The first-order valence-corrected chi connectivity index (χ1v) is 10.3. The van der Waals surface area contributed by atoms with Gasteiger partial charge in [-0.15, -0.1) is 0 Å². The highest BCUT2D eigenvalue weighted by molar-refractivity contribution is 5.79. The Morgan fingerprint density at radius 2 is 2.04 bits per heavy atom. The number of carbonyl (C=O) groups excluding carboxylic acids is 1. The summed E-state index contributed by atoms with van der Waals surface area (Å²) in [4.78, 5) is 24.6. The molecule has 0 spiro atoms. The molecule has 5 nitrogen and oxygen atoms in total. The highest BCUT2D eigenvalue weighted by atomic mass is 16.4. The van der Waals surface area contributed by atoms with E-state index in [-0.39, 0.29) is 29.9 Å². The van der Waals surface area contributed by atoms with Crippen LogP contribution in [0.15, 0.2) is 12.2 Å². The summed E-state index contributed by atoms with van der Waals surface area (Å²) in [6.07, 6.45) is 14.3. The molecule has 1 aliphatic heterocycles. The second-order valence-electron chi connectivity index (χ2n) is 8.00. The van der Waals surface area contributed by atoms with Gasteiger partial charge in [-0.25, -0.2) is 0 Å². The molecule has 2 rings (SSSR count). The fourth-order valence-corrected chi connectivity index (χ4v) is 4.33. The normalized spacial score (nSPS) is 23.4. The lowest BCUT2D eigenvalue weighted by Crippen LogP contribution is -2.40. The number of carboxylic acids is 1. The minimum absolute atomic E-state index is 0.130. The summed E-state index contributed by atoms with van der Waals surface area (Å²) in [5.41, 5.74) is 0.130. The number of unbranched alkanes of at least 4 members (excludes halogenated alkanes) is 3. The molecule has 2 fully saturated rings. The Morgan fingerprint density at radius 1 is 1.31 bits per heavy atom. The molecule has 1 amide bonds. The minimum Gasteiger partial charge on any atom is -0.481 e. The zero-order chi connectivity index (χ0) is 19.0. The van der Waals surface area contributed by atoms with Crippen LogP contribution in [0.2, 0.25) is 0 Å².